The van der Waals surface area contributed by atoms with Crippen LogP contribution in [0, 0.1) is 0 Å². The lowest BCUT2D eigenvalue weighted by atomic mass is 10.3. The van der Waals surface area contributed by atoms with Gasteiger partial charge in [0.2, 0.25) is 0 Å². The average molecular weight is 157 g/mol. The predicted octanol–water partition coefficient (Wildman–Crippen LogP) is 1.41. The van der Waals surface area contributed by atoms with Crippen LogP contribution in [0.25, 0.3) is 0 Å². The minimum absolute atomic E-state index is 0.983. The van der Waals surface area contributed by atoms with Gasteiger partial charge < -0.3 is 0 Å². The van der Waals surface area contributed by atoms with Gasteiger partial charge in [0.1, 0.15) is 13.8 Å². The molecule has 0 fully saturated rings. The summed E-state index contributed by atoms with van der Waals surface area (Å²) in [6.07, 6.45) is 2.57. The molecule has 0 aromatic carbocycles. The monoisotopic (exact) mass is 157 g/mol. The van der Waals surface area contributed by atoms with Gasteiger partial charge in [0.05, 0.1) is 0 Å². The van der Waals surface area contributed by atoms with E-state index in [1.165, 1.54) is 19.4 Å². The van der Waals surface area contributed by atoms with Crippen molar-refractivity contribution in [3.05, 3.63) is 0 Å². The lowest BCUT2D eigenvalue weighted by Gasteiger charge is -2.15. The molecule has 0 aromatic heterocycles. The maximum Gasteiger partial charge on any atom is 0.198 e. The Labute approximate surface area is 70.5 Å². The van der Waals surface area contributed by atoms with E-state index in [0.717, 1.165) is 13.2 Å². The van der Waals surface area contributed by atoms with E-state index in [0.29, 0.717) is 0 Å². The Balaban J connectivity index is 3.49. The molecular formula is C9H21N2+. The van der Waals surface area contributed by atoms with Crippen LogP contribution in [0.5, 0.6) is 0 Å². The fourth-order valence-corrected chi connectivity index (χ4v) is 1.05. The third-order valence-corrected chi connectivity index (χ3v) is 1.72. The van der Waals surface area contributed by atoms with E-state index in [2.05, 4.69) is 25.5 Å². The van der Waals surface area contributed by atoms with Crippen LogP contribution >= 0.6 is 0 Å². The minimum Gasteiger partial charge on any atom is -0.249 e. The van der Waals surface area contributed by atoms with Gasteiger partial charge in [-0.05, 0) is 6.42 Å². The lowest BCUT2D eigenvalue weighted by Crippen LogP contribution is -2.31. The summed E-state index contributed by atoms with van der Waals surface area (Å²) in [4.78, 5) is 2.40. The quantitative estimate of drug-likeness (QED) is 0.321. The first kappa shape index (κ1) is 10.6. The van der Waals surface area contributed by atoms with Gasteiger partial charge in [-0.15, -0.1) is 0 Å². The molecule has 0 radical (unpaired) electrons. The SMILES string of the molecule is C=[N+](C)CN(CC)CCCC. The first-order valence-corrected chi connectivity index (χ1v) is 4.44. The van der Waals surface area contributed by atoms with Crippen molar-refractivity contribution >= 4 is 6.72 Å². The summed E-state index contributed by atoms with van der Waals surface area (Å²) in [5.74, 6) is 0. The molecule has 2 heteroatoms. The Morgan fingerprint density at radius 3 is 2.36 bits per heavy atom. The largest absolute Gasteiger partial charge is 0.249 e. The standard InChI is InChI=1S/C9H21N2/c1-5-7-8-11(6-2)9-10(3)4/h3,5-9H2,1-2,4H3/q+1. The van der Waals surface area contributed by atoms with Gasteiger partial charge in [0.15, 0.2) is 6.67 Å². The van der Waals surface area contributed by atoms with Crippen LogP contribution in [0.2, 0.25) is 0 Å². The molecule has 0 N–H and O–H groups in total. The lowest BCUT2D eigenvalue weighted by molar-refractivity contribution is -0.511. The fraction of sp³-hybridized carbons (Fsp3) is 0.889. The second-order valence-electron chi connectivity index (χ2n) is 3.06. The molecule has 0 aliphatic carbocycles. The zero-order chi connectivity index (χ0) is 8.69. The highest BCUT2D eigenvalue weighted by Crippen LogP contribution is 1.93. The topological polar surface area (TPSA) is 6.25 Å². The van der Waals surface area contributed by atoms with E-state index < -0.39 is 0 Å². The van der Waals surface area contributed by atoms with Crippen molar-refractivity contribution in [3.8, 4) is 0 Å². The number of unbranched alkanes of at least 4 members (excludes halogenated alkanes) is 1. The van der Waals surface area contributed by atoms with Gasteiger partial charge in [0.25, 0.3) is 0 Å². The highest BCUT2D eigenvalue weighted by atomic mass is 15.2. The molecule has 0 heterocycles. The first-order chi connectivity index (χ1) is 5.20. The van der Waals surface area contributed by atoms with Crippen molar-refractivity contribution in [1.82, 2.24) is 4.90 Å². The van der Waals surface area contributed by atoms with Crippen LogP contribution in [0.1, 0.15) is 26.7 Å². The Morgan fingerprint density at radius 1 is 1.36 bits per heavy atom. The van der Waals surface area contributed by atoms with E-state index in [1.54, 1.807) is 0 Å². The van der Waals surface area contributed by atoms with Crippen LogP contribution in [0.15, 0.2) is 0 Å². The molecule has 0 unspecified atom stereocenters. The van der Waals surface area contributed by atoms with E-state index >= 15 is 0 Å². The molecule has 0 aliphatic rings. The minimum atomic E-state index is 0.983. The van der Waals surface area contributed by atoms with E-state index in [4.69, 9.17) is 0 Å². The van der Waals surface area contributed by atoms with Crippen molar-refractivity contribution in [2.24, 2.45) is 0 Å². The van der Waals surface area contributed by atoms with Gasteiger partial charge in [0, 0.05) is 13.1 Å². The van der Waals surface area contributed by atoms with Crippen molar-refractivity contribution in [2.75, 3.05) is 26.8 Å². The Morgan fingerprint density at radius 2 is 2.00 bits per heavy atom. The van der Waals surface area contributed by atoms with Crippen LogP contribution in [-0.2, 0) is 0 Å². The molecule has 0 aromatic rings. The van der Waals surface area contributed by atoms with Crippen molar-refractivity contribution < 1.29 is 4.58 Å². The van der Waals surface area contributed by atoms with Crippen LogP contribution in [0.4, 0.5) is 0 Å². The smallest absolute Gasteiger partial charge is 0.198 e. The summed E-state index contributed by atoms with van der Waals surface area (Å²) >= 11 is 0. The third-order valence-electron chi connectivity index (χ3n) is 1.72. The maximum atomic E-state index is 3.83. The summed E-state index contributed by atoms with van der Waals surface area (Å²) in [7, 11) is 2.01. The van der Waals surface area contributed by atoms with Crippen LogP contribution in [-0.4, -0.2) is 43.0 Å². The van der Waals surface area contributed by atoms with E-state index in [-0.39, 0.29) is 0 Å². The molecule has 0 spiro atoms. The fourth-order valence-electron chi connectivity index (χ4n) is 1.05. The summed E-state index contributed by atoms with van der Waals surface area (Å²) in [6.45, 7) is 11.6. The van der Waals surface area contributed by atoms with Gasteiger partial charge in [-0.1, -0.05) is 20.3 Å². The van der Waals surface area contributed by atoms with Gasteiger partial charge in [-0.3, -0.25) is 0 Å². The molecule has 66 valence electrons. The molecule has 0 aliphatic heterocycles. The molecule has 2 nitrogen and oxygen atoms in total. The van der Waals surface area contributed by atoms with Crippen LogP contribution < -0.4 is 0 Å². The van der Waals surface area contributed by atoms with Crippen LogP contribution in [0.3, 0.4) is 0 Å². The summed E-state index contributed by atoms with van der Waals surface area (Å²) in [5, 5.41) is 0. The maximum absolute atomic E-state index is 3.83. The highest BCUT2D eigenvalue weighted by molar-refractivity contribution is 5.13. The second kappa shape index (κ2) is 6.35. The van der Waals surface area contributed by atoms with E-state index in [1.807, 2.05) is 11.6 Å². The number of hydrogen-bond acceptors (Lipinski definition) is 1. The first-order valence-electron chi connectivity index (χ1n) is 4.44. The molecule has 0 amide bonds. The average Bonchev–Trinajstić information content (AvgIpc) is 1.97. The predicted molar refractivity (Wildman–Crippen MR) is 50.3 cm³/mol. The Hall–Kier alpha value is -0.370. The van der Waals surface area contributed by atoms with Crippen molar-refractivity contribution in [3.63, 3.8) is 0 Å². The normalized spacial score (nSPS) is 10.5. The molecule has 0 bridgehead atoms. The second-order valence-corrected chi connectivity index (χ2v) is 3.06. The summed E-state index contributed by atoms with van der Waals surface area (Å²) in [6, 6.07) is 0. The molecular weight excluding hydrogens is 136 g/mol. The molecule has 0 saturated carbocycles. The molecule has 11 heavy (non-hydrogen) atoms. The third kappa shape index (κ3) is 6.05. The summed E-state index contributed by atoms with van der Waals surface area (Å²) in [5.41, 5.74) is 0. The molecule has 0 saturated heterocycles. The zero-order valence-corrected chi connectivity index (χ0v) is 8.14. The zero-order valence-electron chi connectivity index (χ0n) is 8.14. The van der Waals surface area contributed by atoms with E-state index in [9.17, 15) is 0 Å². The Kier molecular flexibility index (Phi) is 6.13. The number of nitrogens with zero attached hydrogens (tertiary/aromatic N) is 2. The summed E-state index contributed by atoms with van der Waals surface area (Å²) < 4.78 is 1.97. The number of rotatable bonds is 6. The van der Waals surface area contributed by atoms with Gasteiger partial charge in [-0.2, -0.15) is 0 Å². The van der Waals surface area contributed by atoms with Gasteiger partial charge >= 0.3 is 0 Å². The molecule has 0 atom stereocenters. The Bertz CT molecular complexity index is 110. The van der Waals surface area contributed by atoms with Gasteiger partial charge in [-0.25, -0.2) is 9.48 Å². The number of hydrogen-bond donors (Lipinski definition) is 0. The molecule has 0 rings (SSSR count). The van der Waals surface area contributed by atoms with Crippen molar-refractivity contribution in [2.45, 2.75) is 26.7 Å². The van der Waals surface area contributed by atoms with Crippen molar-refractivity contribution in [1.29, 1.82) is 0 Å². The highest BCUT2D eigenvalue weighted by Gasteiger charge is 2.03.